The van der Waals surface area contributed by atoms with E-state index in [2.05, 4.69) is 24.8 Å². The van der Waals surface area contributed by atoms with Gasteiger partial charge in [-0.1, -0.05) is 17.7 Å². The standard InChI is InChI=1S/C13H18ClNO/c1-8(2)15-12-6-4-5-11(14)10(12)7-13(15)9(3)16/h4-6,8-9,13,16H,7H2,1-3H3. The molecule has 1 heterocycles. The second-order valence-corrected chi connectivity index (χ2v) is 5.16. The molecule has 0 aliphatic carbocycles. The Kier molecular flexibility index (Phi) is 3.13. The first-order valence-corrected chi connectivity index (χ1v) is 6.14. The molecule has 2 rings (SSSR count). The lowest BCUT2D eigenvalue weighted by Gasteiger charge is -2.33. The van der Waals surface area contributed by atoms with Gasteiger partial charge in [0.25, 0.3) is 0 Å². The molecule has 1 aromatic carbocycles. The van der Waals surface area contributed by atoms with E-state index in [4.69, 9.17) is 11.6 Å². The number of benzene rings is 1. The first kappa shape index (κ1) is 11.7. The van der Waals surface area contributed by atoms with E-state index in [1.807, 2.05) is 19.1 Å². The average molecular weight is 240 g/mol. The van der Waals surface area contributed by atoms with Crippen LogP contribution < -0.4 is 4.90 Å². The minimum atomic E-state index is -0.342. The highest BCUT2D eigenvalue weighted by Gasteiger charge is 2.34. The molecule has 2 unspecified atom stereocenters. The van der Waals surface area contributed by atoms with Crippen LogP contribution in [0.5, 0.6) is 0 Å². The first-order valence-electron chi connectivity index (χ1n) is 5.76. The van der Waals surface area contributed by atoms with E-state index >= 15 is 0 Å². The number of hydrogen-bond donors (Lipinski definition) is 1. The summed E-state index contributed by atoms with van der Waals surface area (Å²) in [5, 5.41) is 10.7. The summed E-state index contributed by atoms with van der Waals surface area (Å²) in [5.41, 5.74) is 2.34. The van der Waals surface area contributed by atoms with E-state index in [1.54, 1.807) is 0 Å². The van der Waals surface area contributed by atoms with E-state index in [-0.39, 0.29) is 12.1 Å². The van der Waals surface area contributed by atoms with Crippen LogP contribution in [0.1, 0.15) is 26.3 Å². The summed E-state index contributed by atoms with van der Waals surface area (Å²) in [6.07, 6.45) is 0.496. The summed E-state index contributed by atoms with van der Waals surface area (Å²) in [6, 6.07) is 6.50. The number of halogens is 1. The second-order valence-electron chi connectivity index (χ2n) is 4.75. The zero-order valence-electron chi connectivity index (χ0n) is 9.94. The predicted octanol–water partition coefficient (Wildman–Crippen LogP) is 2.86. The van der Waals surface area contributed by atoms with Crippen molar-refractivity contribution in [2.45, 2.75) is 45.4 Å². The van der Waals surface area contributed by atoms with Crippen LogP contribution in [-0.4, -0.2) is 23.3 Å². The SMILES string of the molecule is CC(O)C1Cc2c(Cl)cccc2N1C(C)C. The number of aliphatic hydroxyl groups is 1. The van der Waals surface area contributed by atoms with Gasteiger partial charge < -0.3 is 10.0 Å². The molecule has 2 nitrogen and oxygen atoms in total. The lowest BCUT2D eigenvalue weighted by Crippen LogP contribution is -2.44. The normalized spacial score (nSPS) is 21.4. The van der Waals surface area contributed by atoms with Crippen molar-refractivity contribution in [2.75, 3.05) is 4.90 Å². The summed E-state index contributed by atoms with van der Waals surface area (Å²) in [6.45, 7) is 6.14. The highest BCUT2D eigenvalue weighted by Crippen LogP contribution is 2.38. The quantitative estimate of drug-likeness (QED) is 0.858. The zero-order valence-corrected chi connectivity index (χ0v) is 10.7. The van der Waals surface area contributed by atoms with Gasteiger partial charge in [0.2, 0.25) is 0 Å². The molecule has 0 bridgehead atoms. The van der Waals surface area contributed by atoms with Crippen molar-refractivity contribution in [1.29, 1.82) is 0 Å². The summed E-state index contributed by atoms with van der Waals surface area (Å²) >= 11 is 6.20. The molecule has 1 aliphatic heterocycles. The molecule has 2 atom stereocenters. The Morgan fingerprint density at radius 1 is 1.38 bits per heavy atom. The lowest BCUT2D eigenvalue weighted by atomic mass is 10.1. The Morgan fingerprint density at radius 3 is 2.62 bits per heavy atom. The van der Waals surface area contributed by atoms with Crippen LogP contribution in [0.2, 0.25) is 5.02 Å². The number of fused-ring (bicyclic) bond motifs is 1. The van der Waals surface area contributed by atoms with Gasteiger partial charge in [-0.3, -0.25) is 0 Å². The molecule has 1 N–H and O–H groups in total. The molecule has 3 heteroatoms. The minimum Gasteiger partial charge on any atom is -0.391 e. The molecule has 0 saturated carbocycles. The van der Waals surface area contributed by atoms with Crippen molar-refractivity contribution >= 4 is 17.3 Å². The van der Waals surface area contributed by atoms with E-state index in [0.717, 1.165) is 11.4 Å². The van der Waals surface area contributed by atoms with E-state index < -0.39 is 0 Å². The van der Waals surface area contributed by atoms with Crippen molar-refractivity contribution in [3.63, 3.8) is 0 Å². The van der Waals surface area contributed by atoms with Crippen molar-refractivity contribution in [1.82, 2.24) is 0 Å². The summed E-state index contributed by atoms with van der Waals surface area (Å²) < 4.78 is 0. The Morgan fingerprint density at radius 2 is 2.06 bits per heavy atom. The fourth-order valence-electron chi connectivity index (χ4n) is 2.54. The van der Waals surface area contributed by atoms with Crippen molar-refractivity contribution in [3.8, 4) is 0 Å². The molecule has 1 aliphatic rings. The predicted molar refractivity (Wildman–Crippen MR) is 68.2 cm³/mol. The van der Waals surface area contributed by atoms with Crippen LogP contribution in [0.4, 0.5) is 5.69 Å². The second kappa shape index (κ2) is 4.27. The smallest absolute Gasteiger partial charge is 0.0718 e. The highest BCUT2D eigenvalue weighted by atomic mass is 35.5. The molecule has 16 heavy (non-hydrogen) atoms. The first-order chi connectivity index (χ1) is 7.52. The molecular formula is C13H18ClNO. The molecule has 0 amide bonds. The van der Waals surface area contributed by atoms with Gasteiger partial charge in [0.15, 0.2) is 0 Å². The summed E-state index contributed by atoms with van der Waals surface area (Å²) in [7, 11) is 0. The van der Waals surface area contributed by atoms with Gasteiger partial charge in [-0.15, -0.1) is 0 Å². The van der Waals surface area contributed by atoms with E-state index in [1.165, 1.54) is 11.3 Å². The molecular weight excluding hydrogens is 222 g/mol. The third-order valence-corrected chi connectivity index (χ3v) is 3.61. The van der Waals surface area contributed by atoms with Crippen molar-refractivity contribution in [3.05, 3.63) is 28.8 Å². The van der Waals surface area contributed by atoms with Crippen LogP contribution in [0.15, 0.2) is 18.2 Å². The monoisotopic (exact) mass is 239 g/mol. The van der Waals surface area contributed by atoms with Gasteiger partial charge >= 0.3 is 0 Å². The van der Waals surface area contributed by atoms with Gasteiger partial charge in [0.1, 0.15) is 0 Å². The Hall–Kier alpha value is -0.730. The molecule has 0 radical (unpaired) electrons. The Balaban J connectivity index is 2.45. The summed E-state index contributed by atoms with van der Waals surface area (Å²) in [4.78, 5) is 2.27. The van der Waals surface area contributed by atoms with Gasteiger partial charge in [0, 0.05) is 16.8 Å². The topological polar surface area (TPSA) is 23.5 Å². The van der Waals surface area contributed by atoms with Crippen LogP contribution in [0, 0.1) is 0 Å². The molecule has 0 saturated heterocycles. The van der Waals surface area contributed by atoms with Gasteiger partial charge in [-0.25, -0.2) is 0 Å². The van der Waals surface area contributed by atoms with Crippen molar-refractivity contribution in [2.24, 2.45) is 0 Å². The number of nitrogens with zero attached hydrogens (tertiary/aromatic N) is 1. The van der Waals surface area contributed by atoms with Crippen molar-refractivity contribution < 1.29 is 5.11 Å². The number of rotatable bonds is 2. The van der Waals surface area contributed by atoms with Gasteiger partial charge in [-0.05, 0) is 44.9 Å². The van der Waals surface area contributed by atoms with Gasteiger partial charge in [-0.2, -0.15) is 0 Å². The minimum absolute atomic E-state index is 0.148. The number of hydrogen-bond acceptors (Lipinski definition) is 2. The summed E-state index contributed by atoms with van der Waals surface area (Å²) in [5.74, 6) is 0. The highest BCUT2D eigenvalue weighted by molar-refractivity contribution is 6.31. The maximum Gasteiger partial charge on any atom is 0.0718 e. The maximum absolute atomic E-state index is 9.85. The van der Waals surface area contributed by atoms with Crippen LogP contribution in [0.3, 0.4) is 0 Å². The largest absolute Gasteiger partial charge is 0.391 e. The molecule has 0 spiro atoms. The maximum atomic E-state index is 9.85. The van der Waals surface area contributed by atoms with Crippen LogP contribution >= 0.6 is 11.6 Å². The van der Waals surface area contributed by atoms with E-state index in [0.29, 0.717) is 6.04 Å². The van der Waals surface area contributed by atoms with Crippen LogP contribution in [0.25, 0.3) is 0 Å². The van der Waals surface area contributed by atoms with Gasteiger partial charge in [0.05, 0.1) is 12.1 Å². The molecule has 88 valence electrons. The number of anilines is 1. The zero-order chi connectivity index (χ0) is 11.9. The fraction of sp³-hybridized carbons (Fsp3) is 0.538. The molecule has 1 aromatic rings. The third-order valence-electron chi connectivity index (χ3n) is 3.26. The fourth-order valence-corrected chi connectivity index (χ4v) is 2.79. The Bertz CT molecular complexity index is 390. The Labute approximate surface area is 102 Å². The van der Waals surface area contributed by atoms with Crippen LogP contribution in [-0.2, 0) is 6.42 Å². The average Bonchev–Trinajstić information content (AvgIpc) is 2.58. The third kappa shape index (κ3) is 1.80. The lowest BCUT2D eigenvalue weighted by molar-refractivity contribution is 0.159. The molecule has 0 fully saturated rings. The molecule has 0 aromatic heterocycles. The number of aliphatic hydroxyl groups excluding tert-OH is 1. The van der Waals surface area contributed by atoms with E-state index in [9.17, 15) is 5.11 Å².